The molecule has 2 atom stereocenters. The van der Waals surface area contributed by atoms with Crippen molar-refractivity contribution in [2.75, 3.05) is 13.7 Å². The van der Waals surface area contributed by atoms with Crippen LogP contribution < -0.4 is 10.1 Å². The van der Waals surface area contributed by atoms with E-state index in [-0.39, 0.29) is 40.8 Å². The minimum Gasteiger partial charge on any atom is -0.503 e. The SMILES string of the molecule is COc1ccnc(C(=S)NCC(=O)OC(C)C(C)C2CCCC2)c1O. The second-order valence-corrected chi connectivity index (χ2v) is 6.90. The molecule has 7 heteroatoms. The fourth-order valence-corrected chi connectivity index (χ4v) is 3.45. The summed E-state index contributed by atoms with van der Waals surface area (Å²) in [7, 11) is 1.44. The maximum Gasteiger partial charge on any atom is 0.325 e. The molecule has 1 fully saturated rings. The van der Waals surface area contributed by atoms with E-state index in [1.54, 1.807) is 0 Å². The van der Waals surface area contributed by atoms with Gasteiger partial charge in [-0.1, -0.05) is 44.8 Å². The summed E-state index contributed by atoms with van der Waals surface area (Å²) in [5, 5.41) is 12.8. The number of aromatic hydroxyl groups is 1. The van der Waals surface area contributed by atoms with Crippen LogP contribution >= 0.6 is 12.2 Å². The molecule has 0 aliphatic heterocycles. The minimum absolute atomic E-state index is 0.0705. The molecule has 1 aliphatic carbocycles. The van der Waals surface area contributed by atoms with Crippen LogP contribution in [-0.4, -0.2) is 40.8 Å². The fourth-order valence-electron chi connectivity index (χ4n) is 3.23. The van der Waals surface area contributed by atoms with Gasteiger partial charge in [0, 0.05) is 12.3 Å². The van der Waals surface area contributed by atoms with Gasteiger partial charge in [-0.3, -0.25) is 4.79 Å². The maximum absolute atomic E-state index is 12.1. The lowest BCUT2D eigenvalue weighted by atomic mass is 9.88. The normalized spacial score (nSPS) is 16.9. The fraction of sp³-hybridized carbons (Fsp3) is 0.611. The third kappa shape index (κ3) is 5.04. The lowest BCUT2D eigenvalue weighted by Crippen LogP contribution is -2.34. The van der Waals surface area contributed by atoms with Crippen molar-refractivity contribution < 1.29 is 19.4 Å². The van der Waals surface area contributed by atoms with Crippen LogP contribution in [0.25, 0.3) is 0 Å². The Morgan fingerprint density at radius 3 is 2.76 bits per heavy atom. The Labute approximate surface area is 153 Å². The van der Waals surface area contributed by atoms with Gasteiger partial charge in [-0.25, -0.2) is 4.98 Å². The van der Waals surface area contributed by atoms with Crippen molar-refractivity contribution in [3.05, 3.63) is 18.0 Å². The van der Waals surface area contributed by atoms with Crippen molar-refractivity contribution >= 4 is 23.2 Å². The zero-order valence-electron chi connectivity index (χ0n) is 14.9. The number of pyridine rings is 1. The predicted molar refractivity (Wildman–Crippen MR) is 98.8 cm³/mol. The molecule has 25 heavy (non-hydrogen) atoms. The summed E-state index contributed by atoms with van der Waals surface area (Å²) in [6.45, 7) is 4.01. The smallest absolute Gasteiger partial charge is 0.325 e. The van der Waals surface area contributed by atoms with Crippen molar-refractivity contribution in [1.29, 1.82) is 0 Å². The van der Waals surface area contributed by atoms with Crippen LogP contribution in [0.15, 0.2) is 12.3 Å². The van der Waals surface area contributed by atoms with Crippen LogP contribution in [-0.2, 0) is 9.53 Å². The van der Waals surface area contributed by atoms with Gasteiger partial charge in [0.2, 0.25) is 0 Å². The van der Waals surface area contributed by atoms with Gasteiger partial charge < -0.3 is 19.9 Å². The zero-order valence-corrected chi connectivity index (χ0v) is 15.8. The van der Waals surface area contributed by atoms with E-state index in [2.05, 4.69) is 17.2 Å². The molecule has 1 saturated carbocycles. The predicted octanol–water partition coefficient (Wildman–Crippen LogP) is 2.82. The van der Waals surface area contributed by atoms with Gasteiger partial charge in [0.1, 0.15) is 23.3 Å². The lowest BCUT2D eigenvalue weighted by molar-refractivity contribution is -0.150. The summed E-state index contributed by atoms with van der Waals surface area (Å²) >= 11 is 5.19. The van der Waals surface area contributed by atoms with Crippen molar-refractivity contribution in [3.8, 4) is 11.5 Å². The van der Waals surface area contributed by atoms with Gasteiger partial charge in [0.15, 0.2) is 11.5 Å². The summed E-state index contributed by atoms with van der Waals surface area (Å²) in [6.07, 6.45) is 6.31. The molecular weight excluding hydrogens is 340 g/mol. The summed E-state index contributed by atoms with van der Waals surface area (Å²) < 4.78 is 10.5. The number of nitrogens with zero attached hydrogens (tertiary/aromatic N) is 1. The van der Waals surface area contributed by atoms with E-state index in [1.165, 1.54) is 45.1 Å². The largest absolute Gasteiger partial charge is 0.503 e. The molecule has 0 saturated heterocycles. The van der Waals surface area contributed by atoms with Crippen LogP contribution in [0.3, 0.4) is 0 Å². The van der Waals surface area contributed by atoms with Gasteiger partial charge in [-0.05, 0) is 18.8 Å². The number of ether oxygens (including phenoxy) is 2. The van der Waals surface area contributed by atoms with Crippen molar-refractivity contribution in [2.24, 2.45) is 11.8 Å². The lowest BCUT2D eigenvalue weighted by Gasteiger charge is -2.25. The van der Waals surface area contributed by atoms with Crippen molar-refractivity contribution in [1.82, 2.24) is 10.3 Å². The van der Waals surface area contributed by atoms with E-state index in [1.807, 2.05) is 6.92 Å². The highest BCUT2D eigenvalue weighted by Gasteiger charge is 2.27. The Hall–Kier alpha value is -1.89. The van der Waals surface area contributed by atoms with Crippen LogP contribution in [0.2, 0.25) is 0 Å². The van der Waals surface area contributed by atoms with E-state index in [0.717, 1.165) is 0 Å². The number of carbonyl (C=O) groups is 1. The minimum atomic E-state index is -0.373. The molecule has 0 radical (unpaired) electrons. The third-order valence-electron chi connectivity index (χ3n) is 4.92. The van der Waals surface area contributed by atoms with Crippen molar-refractivity contribution in [2.45, 2.75) is 45.6 Å². The molecule has 0 spiro atoms. The molecule has 0 amide bonds. The van der Waals surface area contributed by atoms with Gasteiger partial charge in [0.25, 0.3) is 0 Å². The van der Waals surface area contributed by atoms with E-state index >= 15 is 0 Å². The van der Waals surface area contributed by atoms with Crippen LogP contribution in [0, 0.1) is 11.8 Å². The number of aromatic nitrogens is 1. The first-order chi connectivity index (χ1) is 11.9. The van der Waals surface area contributed by atoms with Crippen LogP contribution in [0.5, 0.6) is 11.5 Å². The maximum atomic E-state index is 12.1. The van der Waals surface area contributed by atoms with Gasteiger partial charge in [-0.15, -0.1) is 0 Å². The third-order valence-corrected chi connectivity index (χ3v) is 5.25. The highest BCUT2D eigenvalue weighted by Crippen LogP contribution is 2.33. The van der Waals surface area contributed by atoms with Gasteiger partial charge >= 0.3 is 5.97 Å². The second kappa shape index (κ2) is 8.99. The van der Waals surface area contributed by atoms with Crippen molar-refractivity contribution in [3.63, 3.8) is 0 Å². The topological polar surface area (TPSA) is 80.7 Å². The molecule has 2 rings (SSSR count). The van der Waals surface area contributed by atoms with Gasteiger partial charge in [0.05, 0.1) is 7.11 Å². The first-order valence-electron chi connectivity index (χ1n) is 8.63. The summed E-state index contributed by atoms with van der Waals surface area (Å²) in [5.41, 5.74) is 0.175. The standard InChI is InChI=1S/C18H26N2O4S/c1-11(13-6-4-5-7-13)12(2)24-15(21)10-20-18(25)16-17(22)14(23-3)8-9-19-16/h8-9,11-13,22H,4-7,10H2,1-3H3,(H,20,25). The Kier molecular flexibility index (Phi) is 6.99. The molecule has 0 aromatic carbocycles. The Balaban J connectivity index is 1.84. The number of thiocarbonyl (C=S) groups is 1. The number of hydrogen-bond donors (Lipinski definition) is 2. The molecule has 1 heterocycles. The zero-order chi connectivity index (χ0) is 18.4. The number of hydrogen-bond acceptors (Lipinski definition) is 6. The summed E-state index contributed by atoms with van der Waals surface area (Å²) in [4.78, 5) is 16.3. The van der Waals surface area contributed by atoms with Crippen LogP contribution in [0.1, 0.15) is 45.2 Å². The molecule has 6 nitrogen and oxygen atoms in total. The summed E-state index contributed by atoms with van der Waals surface area (Å²) in [5.74, 6) is 0.731. The monoisotopic (exact) mass is 366 g/mol. The molecule has 1 aromatic rings. The molecule has 1 aliphatic rings. The average molecular weight is 366 g/mol. The van der Waals surface area contributed by atoms with E-state index < -0.39 is 0 Å². The second-order valence-electron chi connectivity index (χ2n) is 6.49. The first kappa shape index (κ1) is 19.4. The number of nitrogens with one attached hydrogen (secondary N) is 1. The molecule has 1 aromatic heterocycles. The van der Waals surface area contributed by atoms with E-state index in [4.69, 9.17) is 21.7 Å². The Bertz CT molecular complexity index is 617. The highest BCUT2D eigenvalue weighted by molar-refractivity contribution is 7.80. The molecular formula is C18H26N2O4S. The summed E-state index contributed by atoms with van der Waals surface area (Å²) in [6, 6.07) is 1.53. The molecule has 138 valence electrons. The first-order valence-corrected chi connectivity index (χ1v) is 9.04. The molecule has 2 N–H and O–H groups in total. The van der Waals surface area contributed by atoms with Crippen LogP contribution in [0.4, 0.5) is 0 Å². The number of rotatable bonds is 7. The number of carbonyl (C=O) groups excluding carboxylic acids is 1. The highest BCUT2D eigenvalue weighted by atomic mass is 32.1. The van der Waals surface area contributed by atoms with E-state index in [0.29, 0.717) is 11.8 Å². The molecule has 0 bridgehead atoms. The average Bonchev–Trinajstić information content (AvgIpc) is 3.13. The Morgan fingerprint density at radius 1 is 1.44 bits per heavy atom. The van der Waals surface area contributed by atoms with E-state index in [9.17, 15) is 9.90 Å². The van der Waals surface area contributed by atoms with Gasteiger partial charge in [-0.2, -0.15) is 0 Å². The quantitative estimate of drug-likeness (QED) is 0.567. The number of methoxy groups -OCH3 is 1. The number of esters is 1. The Morgan fingerprint density at radius 2 is 2.12 bits per heavy atom. The molecule has 2 unspecified atom stereocenters.